The van der Waals surface area contributed by atoms with E-state index < -0.39 is 0 Å². The first-order valence-electron chi connectivity index (χ1n) is 7.78. The SMILES string of the molecule is CN=C(NCC1CCCN1CCOC)NC(C)C(C)C.I. The van der Waals surface area contributed by atoms with E-state index in [2.05, 4.69) is 41.3 Å². The predicted molar refractivity (Wildman–Crippen MR) is 101 cm³/mol. The van der Waals surface area contributed by atoms with Crippen LogP contribution in [-0.2, 0) is 4.74 Å². The molecule has 2 N–H and O–H groups in total. The number of rotatable bonds is 7. The van der Waals surface area contributed by atoms with Crippen LogP contribution in [-0.4, -0.2) is 63.3 Å². The molecule has 0 spiro atoms. The number of likely N-dealkylation sites (tertiary alicyclic amines) is 1. The molecule has 1 saturated heterocycles. The Labute approximate surface area is 147 Å². The predicted octanol–water partition coefficient (Wildman–Crippen LogP) is 1.92. The second kappa shape index (κ2) is 11.5. The average molecular weight is 412 g/mol. The van der Waals surface area contributed by atoms with Crippen molar-refractivity contribution in [3.63, 3.8) is 0 Å². The zero-order chi connectivity index (χ0) is 15.0. The van der Waals surface area contributed by atoms with Gasteiger partial charge in [0.05, 0.1) is 6.61 Å². The van der Waals surface area contributed by atoms with E-state index in [0.717, 1.165) is 25.7 Å². The van der Waals surface area contributed by atoms with Gasteiger partial charge < -0.3 is 15.4 Å². The molecule has 0 aliphatic carbocycles. The highest BCUT2D eigenvalue weighted by Gasteiger charge is 2.24. The molecule has 0 aromatic carbocycles. The quantitative estimate of drug-likeness (QED) is 0.381. The maximum Gasteiger partial charge on any atom is 0.191 e. The van der Waals surface area contributed by atoms with E-state index in [1.54, 1.807) is 7.11 Å². The highest BCUT2D eigenvalue weighted by molar-refractivity contribution is 14.0. The second-order valence-electron chi connectivity index (χ2n) is 5.95. The molecule has 1 aliphatic rings. The lowest BCUT2D eigenvalue weighted by Gasteiger charge is -2.26. The van der Waals surface area contributed by atoms with Gasteiger partial charge in [0, 0.05) is 39.3 Å². The van der Waals surface area contributed by atoms with Crippen LogP contribution in [0.3, 0.4) is 0 Å². The zero-order valence-corrected chi connectivity index (χ0v) is 16.5. The molecule has 0 aromatic rings. The van der Waals surface area contributed by atoms with Crippen molar-refractivity contribution < 1.29 is 4.74 Å². The van der Waals surface area contributed by atoms with Crippen LogP contribution in [0.4, 0.5) is 0 Å². The zero-order valence-electron chi connectivity index (χ0n) is 14.2. The Kier molecular flexibility index (Phi) is 11.4. The Morgan fingerprint density at radius 1 is 1.38 bits per heavy atom. The van der Waals surface area contributed by atoms with Crippen molar-refractivity contribution in [3.8, 4) is 0 Å². The molecule has 5 nitrogen and oxygen atoms in total. The topological polar surface area (TPSA) is 48.9 Å². The molecular formula is C15H33IN4O. The first kappa shape index (κ1) is 20.9. The van der Waals surface area contributed by atoms with Gasteiger partial charge in [-0.15, -0.1) is 24.0 Å². The van der Waals surface area contributed by atoms with Crippen molar-refractivity contribution >= 4 is 29.9 Å². The van der Waals surface area contributed by atoms with Gasteiger partial charge in [-0.25, -0.2) is 0 Å². The van der Waals surface area contributed by atoms with Gasteiger partial charge in [0.2, 0.25) is 0 Å². The van der Waals surface area contributed by atoms with E-state index in [1.165, 1.54) is 19.4 Å². The molecule has 1 heterocycles. The molecule has 2 unspecified atom stereocenters. The average Bonchev–Trinajstić information content (AvgIpc) is 2.88. The van der Waals surface area contributed by atoms with Gasteiger partial charge in [-0.3, -0.25) is 9.89 Å². The van der Waals surface area contributed by atoms with Crippen LogP contribution in [0.1, 0.15) is 33.6 Å². The molecule has 126 valence electrons. The maximum atomic E-state index is 5.18. The molecule has 6 heteroatoms. The summed E-state index contributed by atoms with van der Waals surface area (Å²) in [6.07, 6.45) is 2.54. The van der Waals surface area contributed by atoms with Gasteiger partial charge in [0.25, 0.3) is 0 Å². The fourth-order valence-electron chi connectivity index (χ4n) is 2.42. The van der Waals surface area contributed by atoms with E-state index in [-0.39, 0.29) is 24.0 Å². The lowest BCUT2D eigenvalue weighted by molar-refractivity contribution is 0.141. The van der Waals surface area contributed by atoms with Crippen molar-refractivity contribution in [1.82, 2.24) is 15.5 Å². The molecule has 0 radical (unpaired) electrons. The normalized spacial score (nSPS) is 21.2. The summed E-state index contributed by atoms with van der Waals surface area (Å²) in [5.41, 5.74) is 0. The van der Waals surface area contributed by atoms with Gasteiger partial charge in [0.15, 0.2) is 5.96 Å². The van der Waals surface area contributed by atoms with Crippen molar-refractivity contribution in [1.29, 1.82) is 0 Å². The van der Waals surface area contributed by atoms with E-state index in [0.29, 0.717) is 18.0 Å². The van der Waals surface area contributed by atoms with Gasteiger partial charge in [-0.2, -0.15) is 0 Å². The third kappa shape index (κ3) is 7.65. The lowest BCUT2D eigenvalue weighted by atomic mass is 10.1. The number of nitrogens with one attached hydrogen (secondary N) is 2. The standard InChI is InChI=1S/C15H32N4O.HI/c1-12(2)13(3)18-15(16-4)17-11-14-7-6-8-19(14)9-10-20-5;/h12-14H,6-11H2,1-5H3,(H2,16,17,18);1H. The fourth-order valence-corrected chi connectivity index (χ4v) is 2.42. The summed E-state index contributed by atoms with van der Waals surface area (Å²) in [5, 5.41) is 6.90. The molecule has 1 fully saturated rings. The minimum Gasteiger partial charge on any atom is -0.383 e. The minimum atomic E-state index is 0. The number of hydrogen-bond acceptors (Lipinski definition) is 3. The van der Waals surface area contributed by atoms with E-state index in [1.807, 2.05) is 7.05 Å². The van der Waals surface area contributed by atoms with Crippen molar-refractivity contribution in [2.45, 2.75) is 45.7 Å². The minimum absolute atomic E-state index is 0. The van der Waals surface area contributed by atoms with Crippen LogP contribution in [0.2, 0.25) is 0 Å². The number of aliphatic imine (C=N–C) groups is 1. The summed E-state index contributed by atoms with van der Waals surface area (Å²) >= 11 is 0. The van der Waals surface area contributed by atoms with Gasteiger partial charge in [-0.05, 0) is 32.2 Å². The van der Waals surface area contributed by atoms with Crippen LogP contribution in [0, 0.1) is 5.92 Å². The fraction of sp³-hybridized carbons (Fsp3) is 0.933. The van der Waals surface area contributed by atoms with Gasteiger partial charge in [0.1, 0.15) is 0 Å². The third-order valence-corrected chi connectivity index (χ3v) is 4.17. The van der Waals surface area contributed by atoms with Crippen LogP contribution in [0.15, 0.2) is 4.99 Å². The van der Waals surface area contributed by atoms with Gasteiger partial charge >= 0.3 is 0 Å². The van der Waals surface area contributed by atoms with Crippen molar-refractivity contribution in [2.24, 2.45) is 10.9 Å². The van der Waals surface area contributed by atoms with E-state index in [4.69, 9.17) is 4.74 Å². The summed E-state index contributed by atoms with van der Waals surface area (Å²) in [5.74, 6) is 1.50. The highest BCUT2D eigenvalue weighted by atomic mass is 127. The Bertz CT molecular complexity index is 299. The first-order chi connectivity index (χ1) is 9.58. The summed E-state index contributed by atoms with van der Waals surface area (Å²) < 4.78 is 5.18. The Hall–Kier alpha value is -0.0800. The smallest absolute Gasteiger partial charge is 0.191 e. The molecule has 0 amide bonds. The summed E-state index contributed by atoms with van der Waals surface area (Å²) in [4.78, 5) is 6.82. The second-order valence-corrected chi connectivity index (χ2v) is 5.95. The Morgan fingerprint density at radius 3 is 2.67 bits per heavy atom. The molecule has 0 saturated carbocycles. The van der Waals surface area contributed by atoms with Crippen LogP contribution < -0.4 is 10.6 Å². The number of methoxy groups -OCH3 is 1. The molecule has 1 aliphatic heterocycles. The number of ether oxygens (including phenoxy) is 1. The van der Waals surface area contributed by atoms with E-state index >= 15 is 0 Å². The van der Waals surface area contributed by atoms with Crippen molar-refractivity contribution in [3.05, 3.63) is 0 Å². The molecule has 21 heavy (non-hydrogen) atoms. The number of halogens is 1. The van der Waals surface area contributed by atoms with Crippen LogP contribution in [0.5, 0.6) is 0 Å². The monoisotopic (exact) mass is 412 g/mol. The van der Waals surface area contributed by atoms with Gasteiger partial charge in [-0.1, -0.05) is 13.8 Å². The largest absolute Gasteiger partial charge is 0.383 e. The molecule has 0 aromatic heterocycles. The highest BCUT2D eigenvalue weighted by Crippen LogP contribution is 2.15. The number of hydrogen-bond donors (Lipinski definition) is 2. The molecule has 1 rings (SSSR count). The van der Waals surface area contributed by atoms with E-state index in [9.17, 15) is 0 Å². The maximum absolute atomic E-state index is 5.18. The molecular weight excluding hydrogens is 379 g/mol. The third-order valence-electron chi connectivity index (χ3n) is 4.17. The Morgan fingerprint density at radius 2 is 2.10 bits per heavy atom. The number of nitrogens with zero attached hydrogens (tertiary/aromatic N) is 2. The van der Waals surface area contributed by atoms with Crippen LogP contribution >= 0.6 is 24.0 Å². The summed E-state index contributed by atoms with van der Waals surface area (Å²) in [6, 6.07) is 1.02. The summed E-state index contributed by atoms with van der Waals surface area (Å²) in [7, 11) is 3.60. The first-order valence-corrected chi connectivity index (χ1v) is 7.78. The summed E-state index contributed by atoms with van der Waals surface area (Å²) in [6.45, 7) is 10.6. The molecule has 0 bridgehead atoms. The lowest BCUT2D eigenvalue weighted by Crippen LogP contribution is -2.48. The Balaban J connectivity index is 0.00000400. The van der Waals surface area contributed by atoms with Crippen LogP contribution in [0.25, 0.3) is 0 Å². The number of guanidine groups is 1. The van der Waals surface area contributed by atoms with Crippen molar-refractivity contribution in [2.75, 3.05) is 40.4 Å². The molecule has 2 atom stereocenters.